The fraction of sp³-hybridized carbons (Fsp3) is 0. The maximum atomic E-state index is 13.4. The van der Waals surface area contributed by atoms with Gasteiger partial charge >= 0.3 is 6.01 Å². The summed E-state index contributed by atoms with van der Waals surface area (Å²) in [5.41, 5.74) is 5.57. The summed E-state index contributed by atoms with van der Waals surface area (Å²) >= 11 is 8.80. The molecule has 1 heterocycles. The van der Waals surface area contributed by atoms with Crippen molar-refractivity contribution in [2.75, 3.05) is 0 Å². The Morgan fingerprint density at radius 3 is 2.95 bits per heavy atom. The Kier molecular flexibility index (Phi) is 4.35. The molecule has 0 radical (unpaired) electrons. The van der Waals surface area contributed by atoms with Crippen molar-refractivity contribution in [2.24, 2.45) is 10.9 Å². The van der Waals surface area contributed by atoms with Crippen molar-refractivity contribution in [3.63, 3.8) is 0 Å². The molecule has 0 amide bonds. The third-order valence-corrected chi connectivity index (χ3v) is 3.09. The van der Waals surface area contributed by atoms with Gasteiger partial charge in [0.05, 0.1) is 9.50 Å². The van der Waals surface area contributed by atoms with Crippen LogP contribution in [-0.2, 0) is 0 Å². The van der Waals surface area contributed by atoms with E-state index in [-0.39, 0.29) is 28.3 Å². The molecule has 104 valence electrons. The first kappa shape index (κ1) is 14.5. The second kappa shape index (κ2) is 6.02. The van der Waals surface area contributed by atoms with E-state index in [1.54, 1.807) is 0 Å². The Morgan fingerprint density at radius 2 is 2.25 bits per heavy atom. The minimum atomic E-state index is -0.641. The lowest BCUT2D eigenvalue weighted by Crippen LogP contribution is -2.15. The van der Waals surface area contributed by atoms with Gasteiger partial charge in [-0.15, -0.1) is 0 Å². The molecule has 2 rings (SSSR count). The molecule has 0 fully saturated rings. The molecule has 0 spiro atoms. The second-order valence-electron chi connectivity index (χ2n) is 3.51. The van der Waals surface area contributed by atoms with E-state index in [4.69, 9.17) is 27.3 Å². The van der Waals surface area contributed by atoms with Crippen LogP contribution >= 0.6 is 27.5 Å². The topological polar surface area (TPSA) is 93.6 Å². The molecule has 3 N–H and O–H groups in total. The summed E-state index contributed by atoms with van der Waals surface area (Å²) in [6.07, 6.45) is 1.36. The highest BCUT2D eigenvalue weighted by Crippen LogP contribution is 2.32. The van der Waals surface area contributed by atoms with Crippen molar-refractivity contribution in [1.82, 2.24) is 9.97 Å². The van der Waals surface area contributed by atoms with Crippen molar-refractivity contribution < 1.29 is 14.3 Å². The van der Waals surface area contributed by atoms with Crippen molar-refractivity contribution in [1.29, 1.82) is 0 Å². The molecule has 0 atom stereocenters. The molecule has 0 aliphatic heterocycles. The van der Waals surface area contributed by atoms with Crippen molar-refractivity contribution >= 4 is 33.4 Å². The zero-order chi connectivity index (χ0) is 14.7. The van der Waals surface area contributed by atoms with Gasteiger partial charge in [-0.2, -0.15) is 4.98 Å². The Labute approximate surface area is 126 Å². The Morgan fingerprint density at radius 1 is 1.50 bits per heavy atom. The predicted molar refractivity (Wildman–Crippen MR) is 73.7 cm³/mol. The lowest BCUT2D eigenvalue weighted by atomic mass is 10.3. The number of aromatic nitrogens is 2. The number of nitrogens with zero attached hydrogens (tertiary/aromatic N) is 3. The first-order valence-electron chi connectivity index (χ1n) is 5.14. The van der Waals surface area contributed by atoms with Crippen LogP contribution < -0.4 is 10.5 Å². The molecule has 0 aliphatic rings. The summed E-state index contributed by atoms with van der Waals surface area (Å²) in [7, 11) is 0. The summed E-state index contributed by atoms with van der Waals surface area (Å²) in [6.45, 7) is 0. The number of amidine groups is 1. The fourth-order valence-corrected chi connectivity index (χ4v) is 1.98. The van der Waals surface area contributed by atoms with Crippen molar-refractivity contribution in [3.8, 4) is 11.8 Å². The van der Waals surface area contributed by atoms with Gasteiger partial charge in [-0.25, -0.2) is 9.37 Å². The molecular formula is C11H7BrClFN4O2. The number of ether oxygens (including phenoxy) is 1. The highest BCUT2D eigenvalue weighted by Gasteiger charge is 2.11. The molecule has 9 heteroatoms. The molecular weight excluding hydrogens is 355 g/mol. The normalized spacial score (nSPS) is 11.4. The van der Waals surface area contributed by atoms with Crippen LogP contribution in [0.5, 0.6) is 11.8 Å². The molecule has 1 aromatic carbocycles. The van der Waals surface area contributed by atoms with Crippen LogP contribution in [0.3, 0.4) is 0 Å². The zero-order valence-corrected chi connectivity index (χ0v) is 12.1. The van der Waals surface area contributed by atoms with Crippen LogP contribution in [0.15, 0.2) is 34.0 Å². The standard InChI is InChI=1S/C11H7BrClFN4O2/c12-5-3-6(13)7(14)4-9(5)20-11-16-2-1-8(17-11)10(15)18-19/h1-4,19H,(H2,15,18). The maximum Gasteiger partial charge on any atom is 0.322 e. The van der Waals surface area contributed by atoms with E-state index in [1.807, 2.05) is 0 Å². The molecule has 0 bridgehead atoms. The SMILES string of the molecule is N/C(=N/O)c1ccnc(Oc2cc(F)c(Cl)cc2Br)n1. The number of rotatable bonds is 3. The van der Waals surface area contributed by atoms with Crippen LogP contribution in [-0.4, -0.2) is 21.0 Å². The van der Waals surface area contributed by atoms with Gasteiger partial charge in [0.2, 0.25) is 0 Å². The Bertz CT molecular complexity index is 683. The van der Waals surface area contributed by atoms with Crippen molar-refractivity contribution in [2.45, 2.75) is 0 Å². The van der Waals surface area contributed by atoms with Crippen LogP contribution in [0, 0.1) is 5.82 Å². The van der Waals surface area contributed by atoms with Crippen molar-refractivity contribution in [3.05, 3.63) is 45.4 Å². The first-order chi connectivity index (χ1) is 9.51. The van der Waals surface area contributed by atoms with E-state index in [0.29, 0.717) is 4.47 Å². The third-order valence-electron chi connectivity index (χ3n) is 2.18. The second-order valence-corrected chi connectivity index (χ2v) is 4.77. The Balaban J connectivity index is 2.33. The first-order valence-corrected chi connectivity index (χ1v) is 6.31. The molecule has 0 unspecified atom stereocenters. The summed E-state index contributed by atoms with van der Waals surface area (Å²) < 4.78 is 19.1. The third kappa shape index (κ3) is 3.14. The average molecular weight is 362 g/mol. The number of oxime groups is 1. The molecule has 1 aromatic heterocycles. The smallest absolute Gasteiger partial charge is 0.322 e. The Hall–Kier alpha value is -1.93. The molecule has 0 saturated carbocycles. The molecule has 2 aromatic rings. The summed E-state index contributed by atoms with van der Waals surface area (Å²) in [5, 5.41) is 11.3. The van der Waals surface area contributed by atoms with E-state index >= 15 is 0 Å². The van der Waals surface area contributed by atoms with E-state index in [2.05, 4.69) is 31.1 Å². The number of halogens is 3. The minimum absolute atomic E-state index is 0.0458. The van der Waals surface area contributed by atoms with Gasteiger partial charge in [0, 0.05) is 12.3 Å². The van der Waals surface area contributed by atoms with Gasteiger partial charge in [-0.1, -0.05) is 16.8 Å². The number of nitrogens with two attached hydrogens (primary N) is 1. The number of benzene rings is 1. The van der Waals surface area contributed by atoms with E-state index in [9.17, 15) is 4.39 Å². The fourth-order valence-electron chi connectivity index (χ4n) is 1.26. The minimum Gasteiger partial charge on any atom is -0.423 e. The number of hydrogen-bond acceptors (Lipinski definition) is 5. The van der Waals surface area contributed by atoms with Crippen LogP contribution in [0.1, 0.15) is 5.69 Å². The molecule has 6 nitrogen and oxygen atoms in total. The summed E-state index contributed by atoms with van der Waals surface area (Å²) in [4.78, 5) is 7.75. The quantitative estimate of drug-likeness (QED) is 0.288. The van der Waals surface area contributed by atoms with Gasteiger partial charge in [0.1, 0.15) is 17.3 Å². The lowest BCUT2D eigenvalue weighted by molar-refractivity contribution is 0.318. The van der Waals surface area contributed by atoms with Gasteiger partial charge in [-0.05, 0) is 28.1 Å². The maximum absolute atomic E-state index is 13.4. The van der Waals surface area contributed by atoms with Crippen LogP contribution in [0.4, 0.5) is 4.39 Å². The lowest BCUT2D eigenvalue weighted by Gasteiger charge is -2.07. The highest BCUT2D eigenvalue weighted by atomic mass is 79.9. The zero-order valence-electron chi connectivity index (χ0n) is 9.72. The number of hydrogen-bond donors (Lipinski definition) is 2. The molecule has 20 heavy (non-hydrogen) atoms. The highest BCUT2D eigenvalue weighted by molar-refractivity contribution is 9.10. The monoisotopic (exact) mass is 360 g/mol. The predicted octanol–water partition coefficient (Wildman–Crippen LogP) is 2.92. The summed E-state index contributed by atoms with van der Waals surface area (Å²) in [6, 6.07) is 3.78. The molecule has 0 aliphatic carbocycles. The largest absolute Gasteiger partial charge is 0.423 e. The van der Waals surface area contributed by atoms with E-state index in [0.717, 1.165) is 6.07 Å². The van der Waals surface area contributed by atoms with Gasteiger partial charge in [0.15, 0.2) is 5.84 Å². The van der Waals surface area contributed by atoms with E-state index < -0.39 is 5.82 Å². The molecule has 0 saturated heterocycles. The summed E-state index contributed by atoms with van der Waals surface area (Å²) in [5.74, 6) is -0.695. The van der Waals surface area contributed by atoms with Gasteiger partial charge in [-0.3, -0.25) is 0 Å². The van der Waals surface area contributed by atoms with Gasteiger partial charge in [0.25, 0.3) is 0 Å². The average Bonchev–Trinajstić information content (AvgIpc) is 2.44. The van der Waals surface area contributed by atoms with Crippen LogP contribution in [0.25, 0.3) is 0 Å². The van der Waals surface area contributed by atoms with E-state index in [1.165, 1.54) is 18.3 Å². The van der Waals surface area contributed by atoms with Crippen LogP contribution in [0.2, 0.25) is 5.02 Å². The van der Waals surface area contributed by atoms with Gasteiger partial charge < -0.3 is 15.7 Å².